The first-order valence-corrected chi connectivity index (χ1v) is 12.2. The predicted molar refractivity (Wildman–Crippen MR) is 129 cm³/mol. The van der Waals surface area contributed by atoms with E-state index in [0.29, 0.717) is 0 Å². The van der Waals surface area contributed by atoms with Crippen molar-refractivity contribution in [2.45, 2.75) is 18.7 Å². The van der Waals surface area contributed by atoms with Gasteiger partial charge < -0.3 is 4.74 Å². The van der Waals surface area contributed by atoms with Crippen LogP contribution in [0.3, 0.4) is 0 Å². The average molecular weight is 642 g/mol. The molecule has 2 aliphatic heterocycles. The van der Waals surface area contributed by atoms with Gasteiger partial charge in [0.1, 0.15) is 5.75 Å². The molecule has 0 amide bonds. The normalized spacial score (nSPS) is 20.0. The van der Waals surface area contributed by atoms with Gasteiger partial charge in [0.25, 0.3) is 0 Å². The molecule has 0 aromatic heterocycles. The molecule has 0 fully saturated rings. The highest BCUT2D eigenvalue weighted by molar-refractivity contribution is 9.11. The van der Waals surface area contributed by atoms with E-state index in [1.165, 1.54) is 0 Å². The lowest BCUT2D eigenvalue weighted by atomic mass is 9.96. The summed E-state index contributed by atoms with van der Waals surface area (Å²) in [5.74, 6) is 0.884. The van der Waals surface area contributed by atoms with E-state index in [1.807, 2.05) is 18.2 Å². The molecule has 0 aliphatic carbocycles. The second kappa shape index (κ2) is 7.84. The number of benzene rings is 3. The highest BCUT2D eigenvalue weighted by atomic mass is 79.9. The molecule has 0 N–H and O–H groups in total. The highest BCUT2D eigenvalue weighted by Crippen LogP contribution is 2.50. The van der Waals surface area contributed by atoms with Crippen molar-refractivity contribution >= 4 is 69.4 Å². The van der Waals surface area contributed by atoms with Crippen molar-refractivity contribution in [3.63, 3.8) is 0 Å². The number of halogens is 4. The van der Waals surface area contributed by atoms with Crippen LogP contribution in [0.15, 0.2) is 83.7 Å². The van der Waals surface area contributed by atoms with Gasteiger partial charge in [0.15, 0.2) is 0 Å². The molecule has 0 unspecified atom stereocenters. The molecule has 0 spiro atoms. The van der Waals surface area contributed by atoms with E-state index in [4.69, 9.17) is 9.84 Å². The monoisotopic (exact) mass is 638 g/mol. The Hall–Kier alpha value is -1.15. The maximum atomic E-state index is 6.49. The topological polar surface area (TPSA) is 24.8 Å². The molecule has 0 bridgehead atoms. The second-order valence-corrected chi connectivity index (χ2v) is 10.6. The summed E-state index contributed by atoms with van der Waals surface area (Å²) in [6.45, 7) is 0. The molecule has 2 heterocycles. The van der Waals surface area contributed by atoms with E-state index in [2.05, 4.69) is 111 Å². The average Bonchev–Trinajstić information content (AvgIpc) is 3.14. The fourth-order valence-electron chi connectivity index (χ4n) is 3.78. The zero-order chi connectivity index (χ0) is 20.1. The van der Waals surface area contributed by atoms with E-state index < -0.39 is 0 Å². The van der Waals surface area contributed by atoms with Crippen molar-refractivity contribution in [2.75, 3.05) is 0 Å². The summed E-state index contributed by atoms with van der Waals surface area (Å²) in [4.78, 5) is 0. The van der Waals surface area contributed by atoms with E-state index in [9.17, 15) is 0 Å². The molecule has 29 heavy (non-hydrogen) atoms. The Morgan fingerprint density at radius 2 is 1.48 bits per heavy atom. The fourth-order valence-corrected chi connectivity index (χ4v) is 5.66. The van der Waals surface area contributed by atoms with Gasteiger partial charge in [0, 0.05) is 31.0 Å². The molecule has 3 aromatic carbocycles. The fraction of sp³-hybridized carbons (Fsp3) is 0.136. The van der Waals surface area contributed by atoms with E-state index in [0.717, 1.165) is 52.5 Å². The standard InChI is InChI=1S/C22H14Br4N2O/c23-14-5-1-12(2-6-14)19-11-20-17-9-16(25)10-18(26)21(17)29-22(28(20)27-19)13-3-7-15(24)8-4-13/h1-10,20,22H,11H2/t20-,22-/m1/s1. The van der Waals surface area contributed by atoms with Gasteiger partial charge in [0.2, 0.25) is 6.23 Å². The molecule has 7 heteroatoms. The molecular weight excluding hydrogens is 628 g/mol. The molecule has 0 radical (unpaired) electrons. The van der Waals surface area contributed by atoms with Crippen LogP contribution in [0.5, 0.6) is 5.75 Å². The summed E-state index contributed by atoms with van der Waals surface area (Å²) >= 11 is 14.3. The van der Waals surface area contributed by atoms with Gasteiger partial charge >= 0.3 is 0 Å². The minimum absolute atomic E-state index is 0.111. The SMILES string of the molecule is Brc1ccc(C2=NN3[C@H](C2)c2cc(Br)cc(Br)c2O[C@@H]3c2ccc(Br)cc2)cc1. The minimum atomic E-state index is -0.286. The molecular formula is C22H14Br4N2O. The Morgan fingerprint density at radius 3 is 2.17 bits per heavy atom. The number of hydrazone groups is 1. The lowest BCUT2D eigenvalue weighted by Crippen LogP contribution is -2.33. The third-order valence-corrected chi connectivity index (χ3v) is 7.24. The Bertz CT molecular complexity index is 1110. The molecule has 2 aliphatic rings. The molecule has 2 atom stereocenters. The largest absolute Gasteiger partial charge is 0.463 e. The van der Waals surface area contributed by atoms with Gasteiger partial charge in [-0.2, -0.15) is 5.10 Å². The second-order valence-electron chi connectivity index (χ2n) is 6.98. The quantitative estimate of drug-likeness (QED) is 0.284. The number of ether oxygens (including phenoxy) is 1. The third-order valence-electron chi connectivity index (χ3n) is 5.14. The Kier molecular flexibility index (Phi) is 5.35. The van der Waals surface area contributed by atoms with Gasteiger partial charge in [-0.3, -0.25) is 0 Å². The van der Waals surface area contributed by atoms with Gasteiger partial charge in [-0.05, 0) is 57.9 Å². The first-order valence-electron chi connectivity index (χ1n) is 9.02. The first-order chi connectivity index (χ1) is 14.0. The first kappa shape index (κ1) is 19.8. The van der Waals surface area contributed by atoms with Crippen molar-refractivity contribution in [3.8, 4) is 5.75 Å². The van der Waals surface area contributed by atoms with Crippen LogP contribution in [0, 0.1) is 0 Å². The van der Waals surface area contributed by atoms with Crippen LogP contribution in [0.2, 0.25) is 0 Å². The zero-order valence-corrected chi connectivity index (χ0v) is 21.3. The molecule has 3 aromatic rings. The summed E-state index contributed by atoms with van der Waals surface area (Å²) in [6.07, 6.45) is 0.541. The van der Waals surface area contributed by atoms with Crippen LogP contribution in [0.1, 0.15) is 35.4 Å². The van der Waals surface area contributed by atoms with Crippen molar-refractivity contribution in [3.05, 3.63) is 95.2 Å². The molecule has 3 nitrogen and oxygen atoms in total. The summed E-state index contributed by atoms with van der Waals surface area (Å²) in [5.41, 5.74) is 4.40. The summed E-state index contributed by atoms with van der Waals surface area (Å²) in [7, 11) is 0. The lowest BCUT2D eigenvalue weighted by molar-refractivity contribution is -0.0197. The number of hydrogen-bond donors (Lipinski definition) is 0. The van der Waals surface area contributed by atoms with E-state index in [1.54, 1.807) is 0 Å². The maximum Gasteiger partial charge on any atom is 0.213 e. The predicted octanol–water partition coefficient (Wildman–Crippen LogP) is 7.98. The Balaban J connectivity index is 1.62. The minimum Gasteiger partial charge on any atom is -0.463 e. The summed E-state index contributed by atoms with van der Waals surface area (Å²) in [6, 6.07) is 20.8. The molecule has 0 saturated carbocycles. The van der Waals surface area contributed by atoms with Gasteiger partial charge in [-0.25, -0.2) is 5.01 Å². The summed E-state index contributed by atoms with van der Waals surface area (Å²) < 4.78 is 10.6. The van der Waals surface area contributed by atoms with E-state index in [-0.39, 0.29) is 12.3 Å². The van der Waals surface area contributed by atoms with Crippen molar-refractivity contribution in [1.29, 1.82) is 0 Å². The maximum absolute atomic E-state index is 6.49. The Labute approximate surface area is 202 Å². The molecule has 5 rings (SSSR count). The zero-order valence-electron chi connectivity index (χ0n) is 14.9. The Morgan fingerprint density at radius 1 is 0.828 bits per heavy atom. The van der Waals surface area contributed by atoms with Crippen LogP contribution in [-0.2, 0) is 0 Å². The number of hydrogen-bond acceptors (Lipinski definition) is 3. The van der Waals surface area contributed by atoms with Gasteiger partial charge in [0.05, 0.1) is 16.2 Å². The van der Waals surface area contributed by atoms with Crippen LogP contribution in [0.25, 0.3) is 0 Å². The molecule has 146 valence electrons. The number of fused-ring (bicyclic) bond motifs is 3. The smallest absolute Gasteiger partial charge is 0.213 e. The number of rotatable bonds is 2. The third kappa shape index (κ3) is 3.71. The molecule has 0 saturated heterocycles. The van der Waals surface area contributed by atoms with Crippen LogP contribution < -0.4 is 4.74 Å². The van der Waals surface area contributed by atoms with Crippen molar-refractivity contribution in [2.24, 2.45) is 5.10 Å². The van der Waals surface area contributed by atoms with Crippen LogP contribution in [0.4, 0.5) is 0 Å². The van der Waals surface area contributed by atoms with Gasteiger partial charge in [-0.15, -0.1) is 0 Å². The lowest BCUT2D eigenvalue weighted by Gasteiger charge is -2.38. The van der Waals surface area contributed by atoms with Crippen LogP contribution >= 0.6 is 63.7 Å². The van der Waals surface area contributed by atoms with Crippen molar-refractivity contribution < 1.29 is 4.74 Å². The van der Waals surface area contributed by atoms with E-state index >= 15 is 0 Å². The van der Waals surface area contributed by atoms with Gasteiger partial charge in [-0.1, -0.05) is 72.1 Å². The van der Waals surface area contributed by atoms with Crippen molar-refractivity contribution in [1.82, 2.24) is 5.01 Å². The van der Waals surface area contributed by atoms with Crippen LogP contribution in [-0.4, -0.2) is 10.7 Å². The highest BCUT2D eigenvalue weighted by Gasteiger charge is 2.41. The summed E-state index contributed by atoms with van der Waals surface area (Å²) in [5, 5.41) is 7.11. The number of nitrogens with zero attached hydrogens (tertiary/aromatic N) is 2.